The van der Waals surface area contributed by atoms with E-state index in [2.05, 4.69) is 10.6 Å². The number of halogens is 1. The summed E-state index contributed by atoms with van der Waals surface area (Å²) in [5.41, 5.74) is 0.691. The zero-order valence-corrected chi connectivity index (χ0v) is 18.6. The van der Waals surface area contributed by atoms with Gasteiger partial charge in [-0.05, 0) is 63.2 Å². The van der Waals surface area contributed by atoms with Gasteiger partial charge in [0.25, 0.3) is 0 Å². The van der Waals surface area contributed by atoms with Gasteiger partial charge in [-0.1, -0.05) is 6.42 Å². The minimum absolute atomic E-state index is 0.245. The molecule has 0 radical (unpaired) electrons. The van der Waals surface area contributed by atoms with E-state index in [9.17, 15) is 4.39 Å². The maximum atomic E-state index is 13.2. The Balaban J connectivity index is 1.30. The minimum atomic E-state index is -0.746. The summed E-state index contributed by atoms with van der Waals surface area (Å²) < 4.78 is 44.1. The fraction of sp³-hybridized carbons (Fsp3) is 0.682. The zero-order chi connectivity index (χ0) is 21.6. The summed E-state index contributed by atoms with van der Waals surface area (Å²) in [7, 11) is 0. The molecule has 0 bridgehead atoms. The van der Waals surface area contributed by atoms with Gasteiger partial charge in [-0.25, -0.2) is 4.39 Å². The molecule has 3 heterocycles. The van der Waals surface area contributed by atoms with Gasteiger partial charge in [0, 0.05) is 18.5 Å². The summed E-state index contributed by atoms with van der Waals surface area (Å²) in [5.74, 6) is -1.54. The molecule has 1 spiro atoms. The van der Waals surface area contributed by atoms with Gasteiger partial charge in [0.2, 0.25) is 0 Å². The Morgan fingerprint density at radius 2 is 1.77 bits per heavy atom. The first-order valence-electron chi connectivity index (χ1n) is 11.0. The number of fused-ring (bicyclic) bond motifs is 1. The molecule has 9 heteroatoms. The van der Waals surface area contributed by atoms with E-state index < -0.39 is 17.9 Å². The van der Waals surface area contributed by atoms with Crippen molar-refractivity contribution in [2.24, 2.45) is 0 Å². The van der Waals surface area contributed by atoms with Crippen LogP contribution in [-0.4, -0.2) is 53.9 Å². The quantitative estimate of drug-likeness (QED) is 0.676. The lowest BCUT2D eigenvalue weighted by Gasteiger charge is -2.34. The molecule has 1 aromatic rings. The predicted molar refractivity (Wildman–Crippen MR) is 115 cm³/mol. The predicted octanol–water partition coefficient (Wildman–Crippen LogP) is 3.43. The van der Waals surface area contributed by atoms with Crippen molar-refractivity contribution in [2.75, 3.05) is 11.9 Å². The first kappa shape index (κ1) is 21.5. The van der Waals surface area contributed by atoms with E-state index in [1.54, 1.807) is 12.1 Å². The van der Waals surface area contributed by atoms with E-state index in [0.717, 1.165) is 25.7 Å². The molecule has 4 aliphatic rings. The highest BCUT2D eigenvalue weighted by Gasteiger charge is 2.59. The molecule has 0 unspecified atom stereocenters. The van der Waals surface area contributed by atoms with Crippen molar-refractivity contribution in [1.82, 2.24) is 5.32 Å². The Hall–Kier alpha value is -1.36. The monoisotopic (exact) mass is 452 g/mol. The van der Waals surface area contributed by atoms with Gasteiger partial charge in [0.05, 0.1) is 12.6 Å². The lowest BCUT2D eigenvalue weighted by molar-refractivity contribution is -0.231. The number of hydrogen-bond acceptors (Lipinski definition) is 6. The van der Waals surface area contributed by atoms with Crippen LogP contribution in [0.5, 0.6) is 0 Å². The Bertz CT molecular complexity index is 817. The largest absolute Gasteiger partial charge is 0.354 e. The first-order valence-corrected chi connectivity index (χ1v) is 11.4. The van der Waals surface area contributed by atoms with E-state index in [4.69, 9.17) is 35.9 Å². The second-order valence-electron chi connectivity index (χ2n) is 9.14. The van der Waals surface area contributed by atoms with Crippen LogP contribution in [0.3, 0.4) is 0 Å². The van der Waals surface area contributed by atoms with E-state index >= 15 is 0 Å². The van der Waals surface area contributed by atoms with Crippen molar-refractivity contribution in [1.29, 1.82) is 0 Å². The lowest BCUT2D eigenvalue weighted by atomic mass is 9.94. The van der Waals surface area contributed by atoms with E-state index in [-0.39, 0.29) is 30.2 Å². The average molecular weight is 453 g/mol. The van der Waals surface area contributed by atoms with Crippen LogP contribution in [0.1, 0.15) is 46.0 Å². The number of thiocarbonyl (C=S) groups is 1. The number of rotatable bonds is 3. The normalized spacial score (nSPS) is 35.8. The number of anilines is 1. The Morgan fingerprint density at radius 1 is 1.03 bits per heavy atom. The second kappa shape index (κ2) is 8.20. The van der Waals surface area contributed by atoms with Gasteiger partial charge in [-0.3, -0.25) is 0 Å². The maximum Gasteiger partial charge on any atom is 0.189 e. The van der Waals surface area contributed by atoms with Crippen LogP contribution >= 0.6 is 12.2 Å². The molecule has 4 fully saturated rings. The van der Waals surface area contributed by atoms with Gasteiger partial charge in [-0.2, -0.15) is 0 Å². The molecular formula is C22H29FN2O5S. The highest BCUT2D eigenvalue weighted by atomic mass is 32.1. The van der Waals surface area contributed by atoms with E-state index in [1.807, 2.05) is 13.8 Å². The molecule has 0 amide bonds. The third kappa shape index (κ3) is 4.44. The Labute approximate surface area is 186 Å². The highest BCUT2D eigenvalue weighted by molar-refractivity contribution is 7.80. The van der Waals surface area contributed by atoms with Crippen LogP contribution < -0.4 is 10.6 Å². The lowest BCUT2D eigenvalue weighted by Crippen LogP contribution is -2.53. The van der Waals surface area contributed by atoms with Crippen LogP contribution in [0.15, 0.2) is 24.3 Å². The first-order chi connectivity index (χ1) is 14.8. The van der Waals surface area contributed by atoms with Crippen LogP contribution in [-0.2, 0) is 23.7 Å². The third-order valence-electron chi connectivity index (χ3n) is 6.35. The van der Waals surface area contributed by atoms with Crippen LogP contribution in [0.2, 0.25) is 0 Å². The van der Waals surface area contributed by atoms with Crippen LogP contribution in [0.25, 0.3) is 0 Å². The van der Waals surface area contributed by atoms with Gasteiger partial charge in [0.15, 0.2) is 23.0 Å². The summed E-state index contributed by atoms with van der Waals surface area (Å²) in [5, 5.41) is 6.82. The van der Waals surface area contributed by atoms with Crippen molar-refractivity contribution in [3.05, 3.63) is 30.1 Å². The van der Waals surface area contributed by atoms with E-state index in [1.165, 1.54) is 18.6 Å². The van der Waals surface area contributed by atoms with Gasteiger partial charge in [-0.15, -0.1) is 0 Å². The molecule has 2 N–H and O–H groups in total. The SMILES string of the molecule is CC1(C)O[C@H]2O[C@H]([C@H]3COC4(CCCCC4)O3)[C@H](NC(=S)Nc3ccc(F)cc3)[C@H]2O1. The Kier molecular flexibility index (Phi) is 5.69. The topological polar surface area (TPSA) is 70.2 Å². The van der Waals surface area contributed by atoms with Crippen molar-refractivity contribution >= 4 is 23.0 Å². The molecule has 7 nitrogen and oxygen atoms in total. The fourth-order valence-corrected chi connectivity index (χ4v) is 5.21. The number of hydrogen-bond donors (Lipinski definition) is 2. The molecule has 5 atom stereocenters. The summed E-state index contributed by atoms with van der Waals surface area (Å²) in [6.45, 7) is 4.19. The summed E-state index contributed by atoms with van der Waals surface area (Å²) >= 11 is 5.53. The third-order valence-corrected chi connectivity index (χ3v) is 6.57. The maximum absolute atomic E-state index is 13.2. The zero-order valence-electron chi connectivity index (χ0n) is 17.8. The van der Waals surface area contributed by atoms with Gasteiger partial charge >= 0.3 is 0 Å². The molecular weight excluding hydrogens is 423 g/mol. The van der Waals surface area contributed by atoms with Crippen LogP contribution in [0.4, 0.5) is 10.1 Å². The van der Waals surface area contributed by atoms with E-state index in [0.29, 0.717) is 17.4 Å². The van der Waals surface area contributed by atoms with Crippen molar-refractivity contribution in [2.45, 2.75) is 88.2 Å². The smallest absolute Gasteiger partial charge is 0.189 e. The fourth-order valence-electron chi connectivity index (χ4n) is 4.96. The van der Waals surface area contributed by atoms with Gasteiger partial charge < -0.3 is 34.3 Å². The van der Waals surface area contributed by atoms with Gasteiger partial charge in [0.1, 0.15) is 24.1 Å². The highest BCUT2D eigenvalue weighted by Crippen LogP contribution is 2.43. The molecule has 1 aromatic carbocycles. The molecule has 3 aliphatic heterocycles. The molecule has 170 valence electrons. The minimum Gasteiger partial charge on any atom is -0.354 e. The number of nitrogens with one attached hydrogen (secondary N) is 2. The average Bonchev–Trinajstić information content (AvgIpc) is 3.36. The molecule has 1 saturated carbocycles. The standard InChI is InChI=1S/C22H29FN2O5S/c1-21(2)29-18-16(25-20(31)24-14-8-6-13(23)7-9-14)17(27-19(18)30-21)15-12-26-22(28-15)10-4-3-5-11-22/h6-9,15-19H,3-5,10-12H2,1-2H3,(H2,24,25,31)/t15-,16+,17-,18-,19-/m1/s1. The summed E-state index contributed by atoms with van der Waals surface area (Å²) in [6.07, 6.45) is 3.79. The molecule has 0 aromatic heterocycles. The molecule has 3 saturated heterocycles. The summed E-state index contributed by atoms with van der Waals surface area (Å²) in [6, 6.07) is 5.74. The van der Waals surface area contributed by atoms with Crippen molar-refractivity contribution in [3.63, 3.8) is 0 Å². The number of ether oxygens (including phenoxy) is 5. The molecule has 31 heavy (non-hydrogen) atoms. The summed E-state index contributed by atoms with van der Waals surface area (Å²) in [4.78, 5) is 0. The number of benzene rings is 1. The molecule has 5 rings (SSSR count). The Morgan fingerprint density at radius 3 is 2.52 bits per heavy atom. The van der Waals surface area contributed by atoms with Crippen molar-refractivity contribution in [3.8, 4) is 0 Å². The van der Waals surface area contributed by atoms with Crippen molar-refractivity contribution < 1.29 is 28.1 Å². The van der Waals surface area contributed by atoms with Crippen LogP contribution in [0, 0.1) is 5.82 Å². The molecule has 1 aliphatic carbocycles. The second-order valence-corrected chi connectivity index (χ2v) is 9.55.